The summed E-state index contributed by atoms with van der Waals surface area (Å²) in [6.45, 7) is 3.24. The Kier molecular flexibility index (Phi) is 4.21. The summed E-state index contributed by atoms with van der Waals surface area (Å²) in [5.41, 5.74) is 1.33. The van der Waals surface area contributed by atoms with Crippen LogP contribution in [-0.4, -0.2) is 24.6 Å². The summed E-state index contributed by atoms with van der Waals surface area (Å²) in [5.74, 6) is 1.62. The smallest absolute Gasteiger partial charge is 0.127 e. The average Bonchev–Trinajstić information content (AvgIpc) is 2.95. The zero-order valence-electron chi connectivity index (χ0n) is 11.3. The third-order valence-corrected chi connectivity index (χ3v) is 4.19. The molecule has 1 aromatic heterocycles. The van der Waals surface area contributed by atoms with Gasteiger partial charge >= 0.3 is 0 Å². The largest absolute Gasteiger partial charge is 0.371 e. The molecule has 2 aromatic rings. The summed E-state index contributed by atoms with van der Waals surface area (Å²) in [4.78, 5) is 6.78. The number of rotatable bonds is 4. The van der Waals surface area contributed by atoms with Crippen LogP contribution in [0.5, 0.6) is 0 Å². The quantitative estimate of drug-likeness (QED) is 0.923. The molecule has 1 aromatic carbocycles. The molecule has 2 heterocycles. The maximum absolute atomic E-state index is 4.32. The van der Waals surface area contributed by atoms with Crippen molar-refractivity contribution in [3.8, 4) is 0 Å². The van der Waals surface area contributed by atoms with E-state index in [9.17, 15) is 0 Å². The Morgan fingerprint density at radius 2 is 2.10 bits per heavy atom. The van der Waals surface area contributed by atoms with Gasteiger partial charge in [0.05, 0.1) is 0 Å². The molecule has 0 saturated carbocycles. The van der Waals surface area contributed by atoms with E-state index >= 15 is 0 Å². The van der Waals surface area contributed by atoms with Crippen LogP contribution in [0.2, 0.25) is 0 Å². The summed E-state index contributed by atoms with van der Waals surface area (Å²) in [6.07, 6.45) is 3.05. The molecule has 4 heteroatoms. The highest BCUT2D eigenvalue weighted by molar-refractivity contribution is 9.10. The molecule has 0 unspecified atom stereocenters. The zero-order chi connectivity index (χ0) is 13.8. The number of pyridine rings is 1. The van der Waals surface area contributed by atoms with Crippen molar-refractivity contribution in [1.82, 2.24) is 4.98 Å². The Bertz CT molecular complexity index is 559. The Morgan fingerprint density at radius 1 is 1.25 bits per heavy atom. The van der Waals surface area contributed by atoms with Crippen LogP contribution in [0, 0.1) is 5.92 Å². The van der Waals surface area contributed by atoms with E-state index in [1.165, 1.54) is 12.1 Å². The Balaban J connectivity index is 1.53. The topological polar surface area (TPSA) is 28.2 Å². The van der Waals surface area contributed by atoms with Gasteiger partial charge in [-0.2, -0.15) is 0 Å². The highest BCUT2D eigenvalue weighted by Gasteiger charge is 2.22. The number of anilines is 2. The second-order valence-corrected chi connectivity index (χ2v) is 6.09. The third-order valence-electron chi connectivity index (χ3n) is 3.70. The van der Waals surface area contributed by atoms with Gasteiger partial charge in [0.2, 0.25) is 0 Å². The highest BCUT2D eigenvalue weighted by Crippen LogP contribution is 2.23. The average molecular weight is 332 g/mol. The molecule has 1 atom stereocenters. The summed E-state index contributed by atoms with van der Waals surface area (Å²) < 4.78 is 1.06. The number of hydrogen-bond acceptors (Lipinski definition) is 3. The van der Waals surface area contributed by atoms with Crippen molar-refractivity contribution in [1.29, 1.82) is 0 Å². The first-order chi connectivity index (χ1) is 9.81. The van der Waals surface area contributed by atoms with Crippen molar-refractivity contribution >= 4 is 27.4 Å². The molecule has 104 valence electrons. The standard InChI is InChI=1S/C16H18BrN3/c17-14-6-8-18-16(10-14)19-11-13-7-9-20(12-13)15-4-2-1-3-5-15/h1-6,8,10,13H,7,9,11-12H2,(H,18,19)/t13-/m0/s1. The predicted molar refractivity (Wildman–Crippen MR) is 87.2 cm³/mol. The third kappa shape index (κ3) is 3.31. The normalized spacial score (nSPS) is 18.2. The van der Waals surface area contributed by atoms with Crippen LogP contribution >= 0.6 is 15.9 Å². The molecule has 0 aliphatic carbocycles. The number of hydrogen-bond donors (Lipinski definition) is 1. The van der Waals surface area contributed by atoms with Crippen molar-refractivity contribution in [2.75, 3.05) is 29.9 Å². The van der Waals surface area contributed by atoms with Gasteiger partial charge in [-0.3, -0.25) is 0 Å². The molecule has 1 N–H and O–H groups in total. The van der Waals surface area contributed by atoms with E-state index in [4.69, 9.17) is 0 Å². The van der Waals surface area contributed by atoms with Crippen LogP contribution in [0.25, 0.3) is 0 Å². The minimum absolute atomic E-state index is 0.677. The lowest BCUT2D eigenvalue weighted by molar-refractivity contribution is 0.621. The van der Waals surface area contributed by atoms with Gasteiger partial charge < -0.3 is 10.2 Å². The maximum Gasteiger partial charge on any atom is 0.127 e. The van der Waals surface area contributed by atoms with Crippen LogP contribution in [0.3, 0.4) is 0 Å². The minimum Gasteiger partial charge on any atom is -0.371 e. The number of para-hydroxylation sites is 1. The summed E-state index contributed by atoms with van der Waals surface area (Å²) in [6, 6.07) is 14.6. The van der Waals surface area contributed by atoms with E-state index < -0.39 is 0 Å². The van der Waals surface area contributed by atoms with E-state index in [2.05, 4.69) is 61.5 Å². The fourth-order valence-electron chi connectivity index (χ4n) is 2.62. The Labute approximate surface area is 128 Å². The van der Waals surface area contributed by atoms with Gasteiger partial charge in [-0.25, -0.2) is 4.98 Å². The fourth-order valence-corrected chi connectivity index (χ4v) is 2.96. The second kappa shape index (κ2) is 6.27. The molecule has 0 bridgehead atoms. The number of halogens is 1. The van der Waals surface area contributed by atoms with Crippen molar-refractivity contribution in [3.63, 3.8) is 0 Å². The fraction of sp³-hybridized carbons (Fsp3) is 0.312. The van der Waals surface area contributed by atoms with E-state index in [0.717, 1.165) is 29.9 Å². The van der Waals surface area contributed by atoms with Gasteiger partial charge in [0.15, 0.2) is 0 Å². The summed E-state index contributed by atoms with van der Waals surface area (Å²) in [5, 5.41) is 3.43. The Morgan fingerprint density at radius 3 is 2.90 bits per heavy atom. The highest BCUT2D eigenvalue weighted by atomic mass is 79.9. The van der Waals surface area contributed by atoms with Gasteiger partial charge in [0, 0.05) is 36.0 Å². The molecule has 1 saturated heterocycles. The van der Waals surface area contributed by atoms with Gasteiger partial charge in [-0.1, -0.05) is 34.1 Å². The first-order valence-corrected chi connectivity index (χ1v) is 7.76. The van der Waals surface area contributed by atoms with Crippen LogP contribution in [0.15, 0.2) is 53.1 Å². The van der Waals surface area contributed by atoms with E-state index in [0.29, 0.717) is 5.92 Å². The van der Waals surface area contributed by atoms with Gasteiger partial charge in [0.1, 0.15) is 5.82 Å². The van der Waals surface area contributed by atoms with Crippen LogP contribution in [0.1, 0.15) is 6.42 Å². The van der Waals surface area contributed by atoms with Crippen LogP contribution < -0.4 is 10.2 Å². The van der Waals surface area contributed by atoms with Crippen molar-refractivity contribution in [2.24, 2.45) is 5.92 Å². The molecule has 3 rings (SSSR count). The maximum atomic E-state index is 4.32. The number of nitrogens with zero attached hydrogens (tertiary/aromatic N) is 2. The first kappa shape index (κ1) is 13.4. The molecular weight excluding hydrogens is 314 g/mol. The summed E-state index contributed by atoms with van der Waals surface area (Å²) >= 11 is 3.47. The summed E-state index contributed by atoms with van der Waals surface area (Å²) in [7, 11) is 0. The molecule has 1 aliphatic heterocycles. The van der Waals surface area contributed by atoms with Crippen LogP contribution in [0.4, 0.5) is 11.5 Å². The number of aromatic nitrogens is 1. The number of benzene rings is 1. The van der Waals surface area contributed by atoms with Crippen LogP contribution in [-0.2, 0) is 0 Å². The van der Waals surface area contributed by atoms with Gasteiger partial charge in [-0.15, -0.1) is 0 Å². The second-order valence-electron chi connectivity index (χ2n) is 5.18. The SMILES string of the molecule is Brc1ccnc(NC[C@@H]2CCN(c3ccccc3)C2)c1. The Hall–Kier alpha value is -1.55. The van der Waals surface area contributed by atoms with Gasteiger partial charge in [-0.05, 0) is 36.6 Å². The van der Waals surface area contributed by atoms with Gasteiger partial charge in [0.25, 0.3) is 0 Å². The number of nitrogens with one attached hydrogen (secondary N) is 1. The first-order valence-electron chi connectivity index (χ1n) is 6.97. The zero-order valence-corrected chi connectivity index (χ0v) is 12.9. The van der Waals surface area contributed by atoms with E-state index in [-0.39, 0.29) is 0 Å². The van der Waals surface area contributed by atoms with E-state index in [1.54, 1.807) is 0 Å². The molecule has 0 radical (unpaired) electrons. The molecule has 3 nitrogen and oxygen atoms in total. The lowest BCUT2D eigenvalue weighted by atomic mass is 10.1. The van der Waals surface area contributed by atoms with Crippen molar-refractivity contribution < 1.29 is 0 Å². The monoisotopic (exact) mass is 331 g/mol. The molecule has 1 fully saturated rings. The molecule has 20 heavy (non-hydrogen) atoms. The molecule has 0 amide bonds. The molecule has 1 aliphatic rings. The predicted octanol–water partition coefficient (Wildman–Crippen LogP) is 3.78. The van der Waals surface area contributed by atoms with Crippen molar-refractivity contribution in [3.05, 3.63) is 53.1 Å². The molecule has 0 spiro atoms. The minimum atomic E-state index is 0.677. The lowest BCUT2D eigenvalue weighted by Crippen LogP contribution is -2.22. The van der Waals surface area contributed by atoms with E-state index in [1.807, 2.05) is 18.3 Å². The lowest BCUT2D eigenvalue weighted by Gasteiger charge is -2.18. The molecular formula is C16H18BrN3. The van der Waals surface area contributed by atoms with Crippen molar-refractivity contribution in [2.45, 2.75) is 6.42 Å².